The Bertz CT molecular complexity index is 323. The fourth-order valence-electron chi connectivity index (χ4n) is 0.873. The Balaban J connectivity index is 2.69. The molecule has 0 aromatic carbocycles. The zero-order valence-electron chi connectivity index (χ0n) is 8.23. The van der Waals surface area contributed by atoms with E-state index in [2.05, 4.69) is 4.98 Å². The van der Waals surface area contributed by atoms with Crippen LogP contribution in [-0.4, -0.2) is 22.7 Å². The molecule has 0 aliphatic heterocycles. The van der Waals surface area contributed by atoms with Gasteiger partial charge in [-0.15, -0.1) is 0 Å². The van der Waals surface area contributed by atoms with Crippen molar-refractivity contribution in [3.63, 3.8) is 0 Å². The fourth-order valence-corrected chi connectivity index (χ4v) is 0.873. The van der Waals surface area contributed by atoms with Crippen LogP contribution in [0.4, 0.5) is 0 Å². The Labute approximate surface area is 82.5 Å². The van der Waals surface area contributed by atoms with Crippen molar-refractivity contribution < 1.29 is 14.6 Å². The van der Waals surface area contributed by atoms with Crippen LogP contribution < -0.4 is 4.74 Å². The van der Waals surface area contributed by atoms with Crippen LogP contribution in [0, 0.1) is 5.92 Å². The molecule has 1 heterocycles. The van der Waals surface area contributed by atoms with Gasteiger partial charge in [0.1, 0.15) is 0 Å². The van der Waals surface area contributed by atoms with Crippen molar-refractivity contribution in [3.8, 4) is 5.88 Å². The molecule has 76 valence electrons. The van der Waals surface area contributed by atoms with Crippen LogP contribution in [0.2, 0.25) is 0 Å². The van der Waals surface area contributed by atoms with E-state index in [4.69, 9.17) is 9.84 Å². The van der Waals surface area contributed by atoms with Crippen molar-refractivity contribution in [1.82, 2.24) is 4.98 Å². The molecule has 0 unspecified atom stereocenters. The first kappa shape index (κ1) is 10.5. The van der Waals surface area contributed by atoms with E-state index in [1.54, 1.807) is 0 Å². The van der Waals surface area contributed by atoms with Crippen molar-refractivity contribution in [1.29, 1.82) is 0 Å². The maximum absolute atomic E-state index is 10.6. The highest BCUT2D eigenvalue weighted by Crippen LogP contribution is 2.10. The number of nitrogens with zero attached hydrogens (tertiary/aromatic N) is 1. The molecule has 0 bridgehead atoms. The molecule has 0 saturated heterocycles. The number of carbonyl (C=O) groups is 1. The van der Waals surface area contributed by atoms with Gasteiger partial charge in [-0.05, 0) is 12.0 Å². The van der Waals surface area contributed by atoms with Gasteiger partial charge in [0.15, 0.2) is 0 Å². The molecule has 1 aromatic heterocycles. The summed E-state index contributed by atoms with van der Waals surface area (Å²) >= 11 is 0. The van der Waals surface area contributed by atoms with Crippen LogP contribution in [0.3, 0.4) is 0 Å². The van der Waals surface area contributed by atoms with Crippen molar-refractivity contribution in [2.75, 3.05) is 6.61 Å². The summed E-state index contributed by atoms with van der Waals surface area (Å²) < 4.78 is 5.28. The Morgan fingerprint density at radius 3 is 2.93 bits per heavy atom. The van der Waals surface area contributed by atoms with Gasteiger partial charge in [-0.25, -0.2) is 9.78 Å². The lowest BCUT2D eigenvalue weighted by Gasteiger charge is -2.07. The average Bonchev–Trinajstić information content (AvgIpc) is 2.15. The molecule has 0 aliphatic rings. The first-order valence-electron chi connectivity index (χ1n) is 4.41. The summed E-state index contributed by atoms with van der Waals surface area (Å²) in [6.45, 7) is 4.57. The molecule has 0 fully saturated rings. The Morgan fingerprint density at radius 2 is 2.36 bits per heavy atom. The van der Waals surface area contributed by atoms with Gasteiger partial charge in [-0.1, -0.05) is 13.8 Å². The minimum atomic E-state index is -0.971. The van der Waals surface area contributed by atoms with Gasteiger partial charge in [0.25, 0.3) is 0 Å². The molecule has 14 heavy (non-hydrogen) atoms. The largest absolute Gasteiger partial charge is 0.478 e. The van der Waals surface area contributed by atoms with Gasteiger partial charge in [0.05, 0.1) is 12.2 Å². The van der Waals surface area contributed by atoms with Crippen molar-refractivity contribution in [2.24, 2.45) is 5.92 Å². The standard InChI is InChI=1S/C10H13NO3/c1-7(2)6-14-9-5-8(10(12)13)3-4-11-9/h3-5,7H,6H2,1-2H3,(H,12,13). The zero-order chi connectivity index (χ0) is 10.6. The summed E-state index contributed by atoms with van der Waals surface area (Å²) in [7, 11) is 0. The minimum Gasteiger partial charge on any atom is -0.478 e. The molecule has 1 rings (SSSR count). The second-order valence-electron chi connectivity index (χ2n) is 3.39. The number of carboxylic acid groups (broad SMARTS) is 1. The van der Waals surface area contributed by atoms with Gasteiger partial charge in [0.2, 0.25) is 5.88 Å². The van der Waals surface area contributed by atoms with Gasteiger partial charge in [-0.3, -0.25) is 0 Å². The van der Waals surface area contributed by atoms with Crippen molar-refractivity contribution in [2.45, 2.75) is 13.8 Å². The van der Waals surface area contributed by atoms with E-state index in [0.717, 1.165) is 0 Å². The average molecular weight is 195 g/mol. The van der Waals surface area contributed by atoms with Crippen molar-refractivity contribution >= 4 is 5.97 Å². The number of hydrogen-bond acceptors (Lipinski definition) is 3. The molecule has 0 radical (unpaired) electrons. The quantitative estimate of drug-likeness (QED) is 0.796. The second kappa shape index (κ2) is 4.60. The summed E-state index contributed by atoms with van der Waals surface area (Å²) in [6, 6.07) is 2.86. The lowest BCUT2D eigenvalue weighted by molar-refractivity contribution is 0.0696. The SMILES string of the molecule is CC(C)COc1cc(C(=O)O)ccn1. The molecular formula is C10H13NO3. The molecule has 4 heteroatoms. The summed E-state index contributed by atoms with van der Waals surface area (Å²) in [5.74, 6) is -0.217. The highest BCUT2D eigenvalue weighted by atomic mass is 16.5. The lowest BCUT2D eigenvalue weighted by atomic mass is 10.2. The van der Waals surface area contributed by atoms with Crippen LogP contribution in [0.25, 0.3) is 0 Å². The fraction of sp³-hybridized carbons (Fsp3) is 0.400. The summed E-state index contributed by atoms with van der Waals surface area (Å²) in [5, 5.41) is 8.70. The summed E-state index contributed by atoms with van der Waals surface area (Å²) in [5.41, 5.74) is 0.193. The Morgan fingerprint density at radius 1 is 1.64 bits per heavy atom. The van der Waals surface area contributed by atoms with E-state index in [9.17, 15) is 4.79 Å². The molecule has 1 aromatic rings. The normalized spacial score (nSPS) is 10.2. The van der Waals surface area contributed by atoms with E-state index in [1.165, 1.54) is 18.3 Å². The third kappa shape index (κ3) is 3.05. The molecule has 0 spiro atoms. The van der Waals surface area contributed by atoms with Crippen LogP contribution in [0.15, 0.2) is 18.3 Å². The number of pyridine rings is 1. The maximum Gasteiger partial charge on any atom is 0.335 e. The number of rotatable bonds is 4. The van der Waals surface area contributed by atoms with Crippen LogP contribution in [0.1, 0.15) is 24.2 Å². The van der Waals surface area contributed by atoms with Gasteiger partial charge < -0.3 is 9.84 Å². The first-order chi connectivity index (χ1) is 6.59. The van der Waals surface area contributed by atoms with Crippen LogP contribution in [-0.2, 0) is 0 Å². The molecule has 0 saturated carbocycles. The Hall–Kier alpha value is -1.58. The molecule has 0 atom stereocenters. The summed E-state index contributed by atoms with van der Waals surface area (Å²) in [4.78, 5) is 14.5. The zero-order valence-corrected chi connectivity index (χ0v) is 8.23. The Kier molecular flexibility index (Phi) is 3.45. The number of ether oxygens (including phenoxy) is 1. The minimum absolute atomic E-state index is 0.193. The van der Waals surface area contributed by atoms with E-state index in [0.29, 0.717) is 18.4 Å². The van der Waals surface area contributed by atoms with E-state index >= 15 is 0 Å². The molecular weight excluding hydrogens is 182 g/mol. The molecule has 0 aliphatic carbocycles. The van der Waals surface area contributed by atoms with Gasteiger partial charge in [-0.2, -0.15) is 0 Å². The van der Waals surface area contributed by atoms with E-state index in [1.807, 2.05) is 13.8 Å². The topological polar surface area (TPSA) is 59.4 Å². The van der Waals surface area contributed by atoms with Gasteiger partial charge >= 0.3 is 5.97 Å². The monoisotopic (exact) mass is 195 g/mol. The number of hydrogen-bond donors (Lipinski definition) is 1. The number of carboxylic acids is 1. The summed E-state index contributed by atoms with van der Waals surface area (Å²) in [6.07, 6.45) is 1.43. The van der Waals surface area contributed by atoms with Gasteiger partial charge in [0, 0.05) is 12.3 Å². The van der Waals surface area contributed by atoms with Crippen LogP contribution >= 0.6 is 0 Å². The number of aromatic carboxylic acids is 1. The second-order valence-corrected chi connectivity index (χ2v) is 3.39. The van der Waals surface area contributed by atoms with Crippen molar-refractivity contribution in [3.05, 3.63) is 23.9 Å². The van der Waals surface area contributed by atoms with E-state index in [-0.39, 0.29) is 5.56 Å². The third-order valence-electron chi connectivity index (χ3n) is 1.55. The first-order valence-corrected chi connectivity index (χ1v) is 4.41. The predicted molar refractivity (Wildman–Crippen MR) is 51.5 cm³/mol. The molecule has 4 nitrogen and oxygen atoms in total. The maximum atomic E-state index is 10.6. The lowest BCUT2D eigenvalue weighted by Crippen LogP contribution is -2.06. The highest BCUT2D eigenvalue weighted by molar-refractivity contribution is 5.87. The third-order valence-corrected chi connectivity index (χ3v) is 1.55. The van der Waals surface area contributed by atoms with Crippen LogP contribution in [0.5, 0.6) is 5.88 Å². The molecule has 1 N–H and O–H groups in total. The smallest absolute Gasteiger partial charge is 0.335 e. The van der Waals surface area contributed by atoms with E-state index < -0.39 is 5.97 Å². The molecule has 0 amide bonds. The highest BCUT2D eigenvalue weighted by Gasteiger charge is 2.05. The predicted octanol–water partition coefficient (Wildman–Crippen LogP) is 1.81. The number of aromatic nitrogens is 1.